The van der Waals surface area contributed by atoms with Crippen LogP contribution in [0.15, 0.2) is 22.8 Å². The van der Waals surface area contributed by atoms with Gasteiger partial charge in [0, 0.05) is 13.3 Å². The summed E-state index contributed by atoms with van der Waals surface area (Å²) in [7, 11) is 0. The number of furan rings is 1. The van der Waals surface area contributed by atoms with Crippen molar-refractivity contribution in [2.24, 2.45) is 0 Å². The predicted molar refractivity (Wildman–Crippen MR) is 39.0 cm³/mol. The Kier molecular flexibility index (Phi) is 2.47. The summed E-state index contributed by atoms with van der Waals surface area (Å²) >= 11 is 0. The molecule has 0 radical (unpaired) electrons. The zero-order valence-electron chi connectivity index (χ0n) is 6.63. The maximum atomic E-state index is 12.4. The van der Waals surface area contributed by atoms with Gasteiger partial charge < -0.3 is 9.52 Å². The molecule has 0 aromatic carbocycles. The molecular formula is C8H10F2O2. The lowest BCUT2D eigenvalue weighted by Gasteiger charge is -2.16. The summed E-state index contributed by atoms with van der Waals surface area (Å²) < 4.78 is 29.6. The molecule has 1 atom stereocenters. The van der Waals surface area contributed by atoms with Crippen LogP contribution in [0.5, 0.6) is 0 Å². The molecule has 0 saturated carbocycles. The fourth-order valence-electron chi connectivity index (χ4n) is 0.799. The van der Waals surface area contributed by atoms with Crippen molar-refractivity contribution in [3.63, 3.8) is 0 Å². The first-order valence-corrected chi connectivity index (χ1v) is 3.58. The zero-order chi connectivity index (χ0) is 9.19. The van der Waals surface area contributed by atoms with Crippen LogP contribution >= 0.6 is 0 Å². The highest BCUT2D eigenvalue weighted by Gasteiger charge is 2.32. The van der Waals surface area contributed by atoms with E-state index in [4.69, 9.17) is 9.52 Å². The van der Waals surface area contributed by atoms with Crippen molar-refractivity contribution in [3.8, 4) is 0 Å². The number of aliphatic hydroxyl groups is 1. The van der Waals surface area contributed by atoms with Crippen LogP contribution in [0.4, 0.5) is 8.78 Å². The topological polar surface area (TPSA) is 33.4 Å². The van der Waals surface area contributed by atoms with Crippen LogP contribution in [-0.2, 0) is 6.42 Å². The van der Waals surface area contributed by atoms with Gasteiger partial charge in [-0.2, -0.15) is 0 Å². The molecule has 0 aliphatic heterocycles. The molecule has 2 nitrogen and oxygen atoms in total. The molecule has 4 heteroatoms. The summed E-state index contributed by atoms with van der Waals surface area (Å²) in [4.78, 5) is 0. The lowest BCUT2D eigenvalue weighted by atomic mass is 10.1. The Morgan fingerprint density at radius 1 is 1.67 bits per heavy atom. The van der Waals surface area contributed by atoms with Crippen molar-refractivity contribution in [2.45, 2.75) is 25.4 Å². The van der Waals surface area contributed by atoms with E-state index in [9.17, 15) is 8.78 Å². The SMILES string of the molecule is CC(F)(F)C(O)Cc1ccco1. The molecule has 0 aliphatic carbocycles. The predicted octanol–water partition coefficient (Wildman–Crippen LogP) is 1.84. The lowest BCUT2D eigenvalue weighted by molar-refractivity contribution is -0.0937. The Bertz CT molecular complexity index is 226. The third kappa shape index (κ3) is 2.30. The Hall–Kier alpha value is -0.900. The summed E-state index contributed by atoms with van der Waals surface area (Å²) in [6, 6.07) is 3.14. The van der Waals surface area contributed by atoms with Crippen LogP contribution in [0.25, 0.3) is 0 Å². The largest absolute Gasteiger partial charge is 0.469 e. The molecule has 0 fully saturated rings. The number of alkyl halides is 2. The minimum absolute atomic E-state index is 0.156. The first-order valence-electron chi connectivity index (χ1n) is 3.58. The van der Waals surface area contributed by atoms with E-state index in [0.717, 1.165) is 0 Å². The van der Waals surface area contributed by atoms with E-state index < -0.39 is 12.0 Å². The average Bonchev–Trinajstić information content (AvgIpc) is 2.37. The van der Waals surface area contributed by atoms with Crippen LogP contribution in [0, 0.1) is 0 Å². The summed E-state index contributed by atoms with van der Waals surface area (Å²) in [6.07, 6.45) is -0.449. The van der Waals surface area contributed by atoms with Crippen molar-refractivity contribution in [1.29, 1.82) is 0 Å². The molecule has 0 aliphatic rings. The summed E-state index contributed by atoms with van der Waals surface area (Å²) in [6.45, 7) is 0.681. The van der Waals surface area contributed by atoms with Crippen LogP contribution < -0.4 is 0 Å². The van der Waals surface area contributed by atoms with Gasteiger partial charge in [0.2, 0.25) is 0 Å². The zero-order valence-corrected chi connectivity index (χ0v) is 6.63. The van der Waals surface area contributed by atoms with Gasteiger partial charge in [0.25, 0.3) is 5.92 Å². The van der Waals surface area contributed by atoms with Gasteiger partial charge in [-0.25, -0.2) is 8.78 Å². The maximum absolute atomic E-state index is 12.4. The average molecular weight is 176 g/mol. The second kappa shape index (κ2) is 3.23. The van der Waals surface area contributed by atoms with Crippen LogP contribution in [0.1, 0.15) is 12.7 Å². The highest BCUT2D eigenvalue weighted by Crippen LogP contribution is 2.20. The first-order chi connectivity index (χ1) is 5.50. The summed E-state index contributed by atoms with van der Waals surface area (Å²) in [5.74, 6) is -2.71. The fraction of sp³-hybridized carbons (Fsp3) is 0.500. The molecule has 12 heavy (non-hydrogen) atoms. The van der Waals surface area contributed by atoms with Gasteiger partial charge in [-0.15, -0.1) is 0 Å². The summed E-state index contributed by atoms with van der Waals surface area (Å²) in [5.41, 5.74) is 0. The Balaban J connectivity index is 2.53. The summed E-state index contributed by atoms with van der Waals surface area (Å²) in [5, 5.41) is 8.95. The molecular weight excluding hydrogens is 166 g/mol. The number of hydrogen-bond donors (Lipinski definition) is 1. The van der Waals surface area contributed by atoms with Crippen LogP contribution in [0.2, 0.25) is 0 Å². The second-order valence-corrected chi connectivity index (χ2v) is 2.76. The van der Waals surface area contributed by atoms with E-state index in [1.165, 1.54) is 6.26 Å². The van der Waals surface area contributed by atoms with E-state index in [1.54, 1.807) is 12.1 Å². The van der Waals surface area contributed by atoms with Gasteiger partial charge in [-0.05, 0) is 12.1 Å². The molecule has 1 heterocycles. The number of rotatable bonds is 3. The Morgan fingerprint density at radius 3 is 2.75 bits per heavy atom. The standard InChI is InChI=1S/C8H10F2O2/c1-8(9,10)7(11)5-6-3-2-4-12-6/h2-4,7,11H,5H2,1H3. The first kappa shape index (κ1) is 9.19. The van der Waals surface area contributed by atoms with E-state index in [0.29, 0.717) is 12.7 Å². The molecule has 0 saturated heterocycles. The highest BCUT2D eigenvalue weighted by atomic mass is 19.3. The van der Waals surface area contributed by atoms with Crippen LogP contribution in [-0.4, -0.2) is 17.1 Å². The van der Waals surface area contributed by atoms with Crippen molar-refractivity contribution in [2.75, 3.05) is 0 Å². The second-order valence-electron chi connectivity index (χ2n) is 2.76. The van der Waals surface area contributed by atoms with Crippen molar-refractivity contribution < 1.29 is 18.3 Å². The third-order valence-electron chi connectivity index (χ3n) is 1.56. The van der Waals surface area contributed by atoms with E-state index in [1.807, 2.05) is 0 Å². The lowest BCUT2D eigenvalue weighted by Crippen LogP contribution is -2.31. The molecule has 0 amide bonds. The molecule has 1 unspecified atom stereocenters. The molecule has 1 aromatic heterocycles. The van der Waals surface area contributed by atoms with Gasteiger partial charge in [0.15, 0.2) is 0 Å². The number of hydrogen-bond acceptors (Lipinski definition) is 2. The minimum Gasteiger partial charge on any atom is -0.469 e. The number of aliphatic hydroxyl groups excluding tert-OH is 1. The van der Waals surface area contributed by atoms with Gasteiger partial charge >= 0.3 is 0 Å². The third-order valence-corrected chi connectivity index (χ3v) is 1.56. The van der Waals surface area contributed by atoms with Gasteiger partial charge in [-0.3, -0.25) is 0 Å². The number of halogens is 2. The van der Waals surface area contributed by atoms with Crippen molar-refractivity contribution >= 4 is 0 Å². The Morgan fingerprint density at radius 2 is 2.33 bits per heavy atom. The van der Waals surface area contributed by atoms with E-state index >= 15 is 0 Å². The van der Waals surface area contributed by atoms with Crippen LogP contribution in [0.3, 0.4) is 0 Å². The normalized spacial score (nSPS) is 14.7. The molecule has 0 bridgehead atoms. The van der Waals surface area contributed by atoms with Gasteiger partial charge in [0.05, 0.1) is 6.26 Å². The maximum Gasteiger partial charge on any atom is 0.271 e. The molecule has 1 N–H and O–H groups in total. The van der Waals surface area contributed by atoms with E-state index in [-0.39, 0.29) is 6.42 Å². The van der Waals surface area contributed by atoms with Crippen molar-refractivity contribution in [3.05, 3.63) is 24.2 Å². The quantitative estimate of drug-likeness (QED) is 0.762. The Labute approximate surface area is 68.8 Å². The molecule has 68 valence electrons. The van der Waals surface area contributed by atoms with E-state index in [2.05, 4.69) is 0 Å². The smallest absolute Gasteiger partial charge is 0.271 e. The highest BCUT2D eigenvalue weighted by molar-refractivity contribution is 5.00. The molecule has 1 rings (SSSR count). The van der Waals surface area contributed by atoms with Crippen molar-refractivity contribution in [1.82, 2.24) is 0 Å². The van der Waals surface area contributed by atoms with Gasteiger partial charge in [0.1, 0.15) is 11.9 Å². The fourth-order valence-corrected chi connectivity index (χ4v) is 0.799. The minimum atomic E-state index is -3.08. The van der Waals surface area contributed by atoms with Gasteiger partial charge in [-0.1, -0.05) is 0 Å². The molecule has 0 spiro atoms. The monoisotopic (exact) mass is 176 g/mol. The molecule has 1 aromatic rings.